The molecule has 0 spiro atoms. The molecule has 29 nitrogen and oxygen atoms in total. The second kappa shape index (κ2) is 54.9. The van der Waals surface area contributed by atoms with E-state index in [0.717, 1.165) is 49.8 Å². The molecule has 2 aliphatic rings. The van der Waals surface area contributed by atoms with Gasteiger partial charge in [0.05, 0.1) is 92.5 Å². The van der Waals surface area contributed by atoms with E-state index in [1.807, 2.05) is 211 Å². The van der Waals surface area contributed by atoms with Crippen LogP contribution in [-0.4, -0.2) is 185 Å². The Hall–Kier alpha value is 4.09. The van der Waals surface area contributed by atoms with E-state index in [1.165, 1.54) is 0 Å². The van der Waals surface area contributed by atoms with Gasteiger partial charge in [-0.3, -0.25) is 14.4 Å². The number of carbonyl (C=O) groups excluding carboxylic acids is 10. The Bertz CT molecular complexity index is 5770. The highest BCUT2D eigenvalue weighted by Crippen LogP contribution is 2.40. The maximum atomic E-state index is 13.8. The van der Waals surface area contributed by atoms with Crippen molar-refractivity contribution in [2.24, 2.45) is 17.3 Å². The highest BCUT2D eigenvalue weighted by Gasteiger charge is 2.51. The fourth-order valence-electron chi connectivity index (χ4n) is 11.5. The van der Waals surface area contributed by atoms with E-state index in [2.05, 4.69) is 298 Å². The van der Waals surface area contributed by atoms with Crippen LogP contribution in [0.3, 0.4) is 0 Å². The molecule has 0 bridgehead atoms. The third-order valence-corrected chi connectivity index (χ3v) is 45.9. The quantitative estimate of drug-likeness (QED) is 0.0144. The highest BCUT2D eigenvalue weighted by atomic mass is 127. The third kappa shape index (κ3) is 37.7. The molecule has 0 N–H and O–H groups in total. The molecule has 0 saturated heterocycles. The van der Waals surface area contributed by atoms with E-state index in [4.69, 9.17) is 42.6 Å². The average molecular weight is 4230 g/mol. The van der Waals surface area contributed by atoms with Gasteiger partial charge in [0.1, 0.15) is 68.3 Å². The molecule has 712 valence electrons. The van der Waals surface area contributed by atoms with E-state index in [1.54, 1.807) is 54.6 Å². The second-order valence-electron chi connectivity index (χ2n) is 27.3. The van der Waals surface area contributed by atoms with Gasteiger partial charge in [-0.15, -0.1) is 0 Å². The molecular weight excluding hydrogens is 4180 g/mol. The summed E-state index contributed by atoms with van der Waals surface area (Å²) in [6.45, 7) is -2.17. The number of rotatable bonds is 28. The largest absolute Gasteiger partial charge is 0.748 e. The van der Waals surface area contributed by atoms with Gasteiger partial charge < -0.3 is 61.0 Å². The summed E-state index contributed by atoms with van der Waals surface area (Å²) in [4.78, 5) is 133. The van der Waals surface area contributed by atoms with E-state index < -0.39 is 194 Å². The van der Waals surface area contributed by atoms with Crippen molar-refractivity contribution in [3.63, 3.8) is 0 Å². The molecule has 2 aliphatic carbocycles. The Morgan fingerprint density at radius 3 is 0.931 bits per heavy atom. The Morgan fingerprint density at radius 2 is 0.641 bits per heavy atom. The van der Waals surface area contributed by atoms with Crippen molar-refractivity contribution >= 4 is 564 Å². The summed E-state index contributed by atoms with van der Waals surface area (Å²) in [5.41, 5.74) is -0.453. The molecule has 7 aromatic rings. The zero-order chi connectivity index (χ0) is 98.5. The van der Waals surface area contributed by atoms with Crippen molar-refractivity contribution in [1.29, 1.82) is 0 Å². The topological polar surface area (TPSA) is 435 Å². The summed E-state index contributed by atoms with van der Waals surface area (Å²) >= 11 is 42.8. The third-order valence-electron chi connectivity index (χ3n) is 17.6. The van der Waals surface area contributed by atoms with Gasteiger partial charge in [0.2, 0.25) is 6.10 Å². The first-order valence-electron chi connectivity index (χ1n) is 35.4. The molecule has 9 rings (SSSR count). The van der Waals surface area contributed by atoms with Gasteiger partial charge >= 0.3 is 65.9 Å². The number of benzene rings is 7. The molecule has 2 saturated carbocycles. The van der Waals surface area contributed by atoms with Crippen molar-refractivity contribution in [3.8, 4) is 0 Å². The molecular formula is C75H49F3I21O29S3-3. The van der Waals surface area contributed by atoms with Crippen LogP contribution in [0.25, 0.3) is 0 Å². The van der Waals surface area contributed by atoms with E-state index >= 15 is 0 Å². The minimum Gasteiger partial charge on any atom is -0.748 e. The molecule has 56 heteroatoms. The number of esters is 10. The average Bonchev–Trinajstić information content (AvgIpc) is 0.780. The monoisotopic (exact) mass is 4230 g/mol. The minimum absolute atomic E-state index is 0.0962. The van der Waals surface area contributed by atoms with Crippen molar-refractivity contribution in [2.45, 2.75) is 81.8 Å². The fourth-order valence-corrected chi connectivity index (χ4v) is 29.2. The number of carbonyl (C=O) groups is 10. The first-order valence-corrected chi connectivity index (χ1v) is 62.8. The molecule has 0 aliphatic heterocycles. The Balaban J connectivity index is 0.000000272. The lowest BCUT2D eigenvalue weighted by molar-refractivity contribution is -0.222. The summed E-state index contributed by atoms with van der Waals surface area (Å²) in [6, 6.07) is 24.6. The Kier molecular flexibility index (Phi) is 51.1. The number of hydrogen-bond donors (Lipinski definition) is 0. The summed E-state index contributed by atoms with van der Waals surface area (Å²) in [6.07, 6.45) is -14.0. The standard InChI is InChI=1S/C30H19I9O11S.C23H18I6O9S.C22H15F3I6O9S/c31-11-3-15(24(37)18(34)6-11)27(40)48-14-9-21(49-28(41)16-4-12(32)7-19(35)25(16)38)23(30(43)47-1-2-51(44,45)46)22(10-14)50-29(42)17-5-13(33)8-20(36)26(17)39;24-11-5-15(19(28)17(26)7-11)22(31)37-13-3-10(21(30)36-1-2-39(33,34)35)4-14(9-13)38-23(32)16-6-12(25)8-18(27)20(16)29;1-21(20(34)40-13(22(23,24)25)6-41(35,36)37,7-38-18(32)14-9(26)2-4-11(28)16(14)30)8-39-19(33)15-10(27)3-5-12(29)17(15)31/h3-8,14,21-23H,1-2,9-10H2,(H,44,45,46);5-8,10,13-14H,1-4,9H2,(H,33,34,35);2-5,13H,6-8H2,1H3,(H,35,36,37)/p-3. The Morgan fingerprint density at radius 1 is 0.359 bits per heavy atom. The zero-order valence-electron chi connectivity index (χ0n) is 64.3. The predicted octanol–water partition coefficient (Wildman–Crippen LogP) is 20.9. The lowest BCUT2D eigenvalue weighted by atomic mass is 9.81. The number of halogens is 24. The number of hydrogen-bond acceptors (Lipinski definition) is 29. The fraction of sp³-hybridized carbons (Fsp3) is 0.307. The van der Waals surface area contributed by atoms with Crippen LogP contribution < -0.4 is 0 Å². The summed E-state index contributed by atoms with van der Waals surface area (Å²) in [5, 5.41) is 0. The number of alkyl halides is 3. The van der Waals surface area contributed by atoms with Gasteiger partial charge in [-0.25, -0.2) is 58.8 Å². The summed E-state index contributed by atoms with van der Waals surface area (Å²) in [7, 11) is -14.8. The molecule has 0 heterocycles. The SMILES string of the molecule is CC(COC(=O)c1c(I)ccc(I)c1I)(COC(=O)c1c(I)ccc(I)c1I)C(=O)OC(CS(=O)(=O)[O-])C(F)(F)F.O=C(OC1CC(OC(=O)c2cc(I)cc(I)c2I)C(C(=O)OCCS(=O)(=O)[O-])C(OC(=O)c2cc(I)cc(I)c2I)C1)c1cc(I)cc(I)c1I.O=C(OC1CC(OC(=O)c2cc(I)cc(I)c2I)CC(C(=O)OCCS(=O)(=O)[O-])C1)c1cc(I)cc(I)c1I. The highest BCUT2D eigenvalue weighted by molar-refractivity contribution is 14.1. The van der Waals surface area contributed by atoms with Crippen LogP contribution in [0.15, 0.2) is 84.9 Å². The minimum atomic E-state index is -5.47. The smallest absolute Gasteiger partial charge is 0.426 e. The second-order valence-corrected chi connectivity index (χ2v) is 56.0. The molecule has 2 fully saturated rings. The van der Waals surface area contributed by atoms with Crippen LogP contribution in [0, 0.1) is 92.2 Å². The first-order chi connectivity index (χ1) is 60.6. The zero-order valence-corrected chi connectivity index (χ0v) is 112. The molecule has 5 unspecified atom stereocenters. The lowest BCUT2D eigenvalue weighted by Gasteiger charge is -2.39. The van der Waals surface area contributed by atoms with Crippen molar-refractivity contribution in [2.75, 3.05) is 43.7 Å². The first kappa shape index (κ1) is 122. The van der Waals surface area contributed by atoms with Crippen molar-refractivity contribution in [1.82, 2.24) is 0 Å². The molecule has 131 heavy (non-hydrogen) atoms. The molecule has 0 aromatic heterocycles. The van der Waals surface area contributed by atoms with Gasteiger partial charge in [-0.2, -0.15) is 13.2 Å². The van der Waals surface area contributed by atoms with Gasteiger partial charge in [0.25, 0.3) is 0 Å². The van der Waals surface area contributed by atoms with Crippen LogP contribution >= 0.6 is 474 Å². The Labute approximate surface area is 1030 Å². The van der Waals surface area contributed by atoms with Gasteiger partial charge in [0.15, 0.2) is 0 Å². The summed E-state index contributed by atoms with van der Waals surface area (Å²) in [5.74, 6) is -15.0. The van der Waals surface area contributed by atoms with Crippen molar-refractivity contribution < 1.29 is 147 Å². The molecule has 5 atom stereocenters. The maximum absolute atomic E-state index is 13.8. The van der Waals surface area contributed by atoms with Crippen LogP contribution in [0.5, 0.6) is 0 Å². The maximum Gasteiger partial charge on any atom is 0.426 e. The van der Waals surface area contributed by atoms with Crippen molar-refractivity contribution in [3.05, 3.63) is 199 Å². The van der Waals surface area contributed by atoms with Gasteiger partial charge in [-0.1, -0.05) is 0 Å². The van der Waals surface area contributed by atoms with Crippen LogP contribution in [0.4, 0.5) is 13.2 Å². The molecule has 7 aromatic carbocycles. The van der Waals surface area contributed by atoms with E-state index in [-0.39, 0.29) is 54.4 Å². The predicted molar refractivity (Wildman–Crippen MR) is 638 cm³/mol. The van der Waals surface area contributed by atoms with Crippen LogP contribution in [-0.2, 0) is 92.1 Å². The van der Waals surface area contributed by atoms with Gasteiger partial charge in [-0.05, 0) is 579 Å². The summed E-state index contributed by atoms with van der Waals surface area (Å²) < 4.78 is 210. The van der Waals surface area contributed by atoms with Gasteiger partial charge in [0, 0.05) is 94.2 Å². The normalized spacial score (nSPS) is 17.1. The number of ether oxygens (including phenoxy) is 10. The molecule has 0 radical (unpaired) electrons. The molecule has 0 amide bonds. The van der Waals surface area contributed by atoms with E-state index in [0.29, 0.717) is 48.8 Å². The van der Waals surface area contributed by atoms with Crippen LogP contribution in [0.1, 0.15) is 112 Å². The van der Waals surface area contributed by atoms with E-state index in [9.17, 15) is 100 Å². The lowest BCUT2D eigenvalue weighted by Crippen LogP contribution is -2.51. The van der Waals surface area contributed by atoms with Crippen LogP contribution in [0.2, 0.25) is 0 Å².